The van der Waals surface area contributed by atoms with Crippen LogP contribution in [-0.2, 0) is 10.5 Å². The van der Waals surface area contributed by atoms with Gasteiger partial charge in [-0.2, -0.15) is 0 Å². The second-order valence-electron chi connectivity index (χ2n) is 3.60. The van der Waals surface area contributed by atoms with Crippen LogP contribution in [0.5, 0.6) is 0 Å². The second kappa shape index (κ2) is 3.95. The van der Waals surface area contributed by atoms with Crippen molar-refractivity contribution in [3.63, 3.8) is 0 Å². The summed E-state index contributed by atoms with van der Waals surface area (Å²) in [6, 6.07) is 1.47. The summed E-state index contributed by atoms with van der Waals surface area (Å²) in [4.78, 5) is 15.0. The molecule has 0 aromatic carbocycles. The SMILES string of the molecule is O=c1ncccn1[C@@]1(CO)OC[C@H](O)[C@@H]1O. The van der Waals surface area contributed by atoms with Crippen LogP contribution in [0.2, 0.25) is 0 Å². The van der Waals surface area contributed by atoms with Crippen LogP contribution in [0.4, 0.5) is 0 Å². The van der Waals surface area contributed by atoms with E-state index in [1.807, 2.05) is 0 Å². The number of hydrogen-bond donors (Lipinski definition) is 3. The maximum Gasteiger partial charge on any atom is 0.350 e. The average molecular weight is 228 g/mol. The van der Waals surface area contributed by atoms with Gasteiger partial charge in [0.05, 0.1) is 13.2 Å². The third-order valence-electron chi connectivity index (χ3n) is 2.68. The molecule has 0 spiro atoms. The number of rotatable bonds is 2. The molecule has 3 N–H and O–H groups in total. The average Bonchev–Trinajstić information content (AvgIpc) is 2.58. The highest BCUT2D eigenvalue weighted by molar-refractivity contribution is 4.98. The van der Waals surface area contributed by atoms with Crippen molar-refractivity contribution in [3.8, 4) is 0 Å². The minimum Gasteiger partial charge on any atom is -0.391 e. The lowest BCUT2D eigenvalue weighted by Gasteiger charge is -2.31. The fourth-order valence-corrected chi connectivity index (χ4v) is 1.78. The molecule has 0 radical (unpaired) electrons. The van der Waals surface area contributed by atoms with Crippen molar-refractivity contribution in [1.82, 2.24) is 9.55 Å². The van der Waals surface area contributed by atoms with Gasteiger partial charge in [0.15, 0.2) is 0 Å². The predicted octanol–water partition coefficient (Wildman–Crippen LogP) is -2.36. The van der Waals surface area contributed by atoms with Gasteiger partial charge in [-0.25, -0.2) is 9.78 Å². The Morgan fingerprint density at radius 1 is 1.62 bits per heavy atom. The maximum atomic E-state index is 11.5. The zero-order valence-electron chi connectivity index (χ0n) is 8.35. The van der Waals surface area contributed by atoms with Crippen molar-refractivity contribution >= 4 is 0 Å². The van der Waals surface area contributed by atoms with E-state index in [4.69, 9.17) is 4.74 Å². The van der Waals surface area contributed by atoms with Crippen LogP contribution in [0.3, 0.4) is 0 Å². The van der Waals surface area contributed by atoms with Crippen molar-refractivity contribution < 1.29 is 20.1 Å². The van der Waals surface area contributed by atoms with Gasteiger partial charge in [0.25, 0.3) is 0 Å². The highest BCUT2D eigenvalue weighted by Crippen LogP contribution is 2.29. The van der Waals surface area contributed by atoms with Gasteiger partial charge in [0, 0.05) is 12.4 Å². The fourth-order valence-electron chi connectivity index (χ4n) is 1.78. The van der Waals surface area contributed by atoms with Crippen LogP contribution < -0.4 is 5.69 Å². The van der Waals surface area contributed by atoms with E-state index in [1.165, 1.54) is 18.5 Å². The number of ether oxygens (including phenoxy) is 1. The van der Waals surface area contributed by atoms with E-state index in [0.29, 0.717) is 0 Å². The molecule has 1 saturated heterocycles. The molecule has 0 saturated carbocycles. The topological polar surface area (TPSA) is 105 Å². The van der Waals surface area contributed by atoms with Gasteiger partial charge in [-0.05, 0) is 6.07 Å². The van der Waals surface area contributed by atoms with Gasteiger partial charge < -0.3 is 20.1 Å². The minimum atomic E-state index is -1.65. The molecule has 0 bridgehead atoms. The van der Waals surface area contributed by atoms with Gasteiger partial charge in [0.1, 0.15) is 12.2 Å². The standard InChI is InChI=1S/C9H12N2O5/c12-5-9(7(14)6(13)4-16-9)11-3-1-2-10-8(11)15/h1-3,6-7,12-14H,4-5H2/t6-,7-,9-/m0/s1. The molecule has 0 unspecified atom stereocenters. The molecule has 16 heavy (non-hydrogen) atoms. The van der Waals surface area contributed by atoms with Crippen LogP contribution in [0, 0.1) is 0 Å². The summed E-state index contributed by atoms with van der Waals surface area (Å²) in [5.74, 6) is 0. The summed E-state index contributed by atoms with van der Waals surface area (Å²) in [5, 5.41) is 28.5. The largest absolute Gasteiger partial charge is 0.391 e. The lowest BCUT2D eigenvalue weighted by atomic mass is 10.1. The van der Waals surface area contributed by atoms with Crippen LogP contribution in [0.25, 0.3) is 0 Å². The lowest BCUT2D eigenvalue weighted by molar-refractivity contribution is -0.154. The van der Waals surface area contributed by atoms with Crippen molar-refractivity contribution in [3.05, 3.63) is 28.9 Å². The molecule has 1 aliphatic rings. The molecular formula is C9H12N2O5. The first-order chi connectivity index (χ1) is 7.62. The first-order valence-corrected chi connectivity index (χ1v) is 4.77. The van der Waals surface area contributed by atoms with E-state index in [1.54, 1.807) is 0 Å². The van der Waals surface area contributed by atoms with Crippen LogP contribution >= 0.6 is 0 Å². The summed E-state index contributed by atoms with van der Waals surface area (Å²) >= 11 is 0. The Kier molecular flexibility index (Phi) is 2.76. The number of hydrogen-bond acceptors (Lipinski definition) is 6. The Labute approximate surface area is 90.6 Å². The molecule has 0 aliphatic carbocycles. The normalized spacial score (nSPS) is 34.2. The Morgan fingerprint density at radius 2 is 2.38 bits per heavy atom. The van der Waals surface area contributed by atoms with Gasteiger partial charge in [-0.1, -0.05) is 0 Å². The van der Waals surface area contributed by atoms with Crippen LogP contribution in [0.15, 0.2) is 23.3 Å². The van der Waals surface area contributed by atoms with E-state index in [0.717, 1.165) is 4.57 Å². The van der Waals surface area contributed by atoms with E-state index in [-0.39, 0.29) is 6.61 Å². The third-order valence-corrected chi connectivity index (χ3v) is 2.68. The highest BCUT2D eigenvalue weighted by atomic mass is 16.6. The third kappa shape index (κ3) is 1.45. The van der Waals surface area contributed by atoms with Crippen LogP contribution in [0.1, 0.15) is 0 Å². The lowest BCUT2D eigenvalue weighted by Crippen LogP contribution is -2.53. The Hall–Kier alpha value is -1.28. The molecule has 88 valence electrons. The first kappa shape index (κ1) is 11.2. The molecule has 1 aromatic rings. The Balaban J connectivity index is 2.51. The maximum absolute atomic E-state index is 11.5. The number of nitrogens with zero attached hydrogens (tertiary/aromatic N) is 2. The van der Waals surface area contributed by atoms with Crippen molar-refractivity contribution in [2.75, 3.05) is 13.2 Å². The van der Waals surface area contributed by atoms with E-state index < -0.39 is 30.2 Å². The number of aliphatic hydroxyl groups is 3. The first-order valence-electron chi connectivity index (χ1n) is 4.77. The molecular weight excluding hydrogens is 216 g/mol. The van der Waals surface area contributed by atoms with E-state index in [9.17, 15) is 20.1 Å². The smallest absolute Gasteiger partial charge is 0.350 e. The zero-order valence-corrected chi connectivity index (χ0v) is 8.35. The summed E-state index contributed by atoms with van der Waals surface area (Å²) in [6.45, 7) is -0.778. The molecule has 7 nitrogen and oxygen atoms in total. The van der Waals surface area contributed by atoms with E-state index >= 15 is 0 Å². The highest BCUT2D eigenvalue weighted by Gasteiger charge is 2.50. The monoisotopic (exact) mass is 228 g/mol. The Bertz CT molecular complexity index is 434. The van der Waals surface area contributed by atoms with Gasteiger partial charge in [-0.3, -0.25) is 4.57 Å². The van der Waals surface area contributed by atoms with Crippen molar-refractivity contribution in [2.45, 2.75) is 17.9 Å². The number of aliphatic hydroxyl groups excluding tert-OH is 3. The van der Waals surface area contributed by atoms with Crippen molar-refractivity contribution in [1.29, 1.82) is 0 Å². The molecule has 1 aliphatic heterocycles. The molecule has 2 rings (SSSR count). The predicted molar refractivity (Wildman–Crippen MR) is 51.5 cm³/mol. The fraction of sp³-hybridized carbons (Fsp3) is 0.556. The Morgan fingerprint density at radius 3 is 2.88 bits per heavy atom. The van der Waals surface area contributed by atoms with Crippen molar-refractivity contribution in [2.24, 2.45) is 0 Å². The molecule has 1 aromatic heterocycles. The molecule has 1 fully saturated rings. The zero-order chi connectivity index (χ0) is 11.8. The van der Waals surface area contributed by atoms with Gasteiger partial charge >= 0.3 is 5.69 Å². The summed E-state index contributed by atoms with van der Waals surface area (Å²) < 4.78 is 6.13. The minimum absolute atomic E-state index is 0.150. The van der Waals surface area contributed by atoms with Gasteiger partial charge in [-0.15, -0.1) is 0 Å². The van der Waals surface area contributed by atoms with Gasteiger partial charge in [0.2, 0.25) is 5.72 Å². The molecule has 2 heterocycles. The summed E-state index contributed by atoms with van der Waals surface area (Å²) in [7, 11) is 0. The molecule has 3 atom stereocenters. The van der Waals surface area contributed by atoms with Crippen LogP contribution in [-0.4, -0.2) is 50.3 Å². The molecule has 0 amide bonds. The second-order valence-corrected chi connectivity index (χ2v) is 3.60. The quantitative estimate of drug-likeness (QED) is 0.523. The summed E-state index contributed by atoms with van der Waals surface area (Å²) in [6.07, 6.45) is 0.118. The summed E-state index contributed by atoms with van der Waals surface area (Å²) in [5.41, 5.74) is -2.31. The number of aromatic nitrogens is 2. The molecule has 7 heteroatoms. The van der Waals surface area contributed by atoms with E-state index in [2.05, 4.69) is 4.98 Å².